The Bertz CT molecular complexity index is 576. The van der Waals surface area contributed by atoms with Gasteiger partial charge in [0.05, 0.1) is 6.20 Å². The fourth-order valence-corrected chi connectivity index (χ4v) is 3.52. The van der Waals surface area contributed by atoms with Crippen LogP contribution < -0.4 is 0 Å². The van der Waals surface area contributed by atoms with Crippen molar-refractivity contribution in [1.29, 1.82) is 0 Å². The molecular weight excluding hydrogens is 270 g/mol. The third-order valence-electron chi connectivity index (χ3n) is 3.31. The van der Waals surface area contributed by atoms with Crippen molar-refractivity contribution in [3.05, 3.63) is 60.2 Å². The summed E-state index contributed by atoms with van der Waals surface area (Å²) in [4.78, 5) is 22.3. The molecule has 1 unspecified atom stereocenters. The van der Waals surface area contributed by atoms with E-state index in [1.807, 2.05) is 34.9 Å². The largest absolute Gasteiger partial charge is 0.335 e. The highest BCUT2D eigenvalue weighted by Crippen LogP contribution is 2.33. The van der Waals surface area contributed by atoms with Crippen LogP contribution in [0.2, 0.25) is 0 Å². The van der Waals surface area contributed by atoms with E-state index in [1.165, 1.54) is 11.8 Å². The summed E-state index contributed by atoms with van der Waals surface area (Å²) in [6.45, 7) is 1.49. The lowest BCUT2D eigenvalue weighted by Crippen LogP contribution is -2.39. The Hall–Kier alpha value is -1.88. The molecule has 1 aromatic carbocycles. The van der Waals surface area contributed by atoms with E-state index in [9.17, 15) is 4.79 Å². The normalized spacial score (nSPS) is 18.8. The zero-order chi connectivity index (χ0) is 13.8. The van der Waals surface area contributed by atoms with Crippen molar-refractivity contribution in [2.45, 2.75) is 5.25 Å². The first-order valence-corrected chi connectivity index (χ1v) is 7.61. The average Bonchev–Trinajstić information content (AvgIpc) is 2.56. The molecule has 4 nitrogen and oxygen atoms in total. The molecule has 0 aliphatic carbocycles. The highest BCUT2D eigenvalue weighted by molar-refractivity contribution is 7.99. The number of benzene rings is 1. The molecule has 1 aliphatic heterocycles. The molecule has 1 aromatic heterocycles. The lowest BCUT2D eigenvalue weighted by molar-refractivity contribution is 0.0755. The fourth-order valence-electron chi connectivity index (χ4n) is 2.27. The van der Waals surface area contributed by atoms with E-state index in [1.54, 1.807) is 12.4 Å². The number of thioether (sulfide) groups is 1. The van der Waals surface area contributed by atoms with Gasteiger partial charge >= 0.3 is 0 Å². The second kappa shape index (κ2) is 6.05. The van der Waals surface area contributed by atoms with Gasteiger partial charge in [0.25, 0.3) is 5.91 Å². The molecule has 20 heavy (non-hydrogen) atoms. The molecule has 2 aromatic rings. The van der Waals surface area contributed by atoms with Gasteiger partial charge in [-0.3, -0.25) is 9.78 Å². The number of carbonyl (C=O) groups is 1. The molecule has 0 radical (unpaired) electrons. The van der Waals surface area contributed by atoms with Crippen molar-refractivity contribution in [3.63, 3.8) is 0 Å². The number of hydrogen-bond donors (Lipinski definition) is 0. The van der Waals surface area contributed by atoms with Crippen LogP contribution in [0.5, 0.6) is 0 Å². The Kier molecular flexibility index (Phi) is 3.97. The molecule has 0 saturated carbocycles. The average molecular weight is 285 g/mol. The number of rotatable bonds is 2. The topological polar surface area (TPSA) is 46.1 Å². The monoisotopic (exact) mass is 285 g/mol. The van der Waals surface area contributed by atoms with Gasteiger partial charge in [-0.15, -0.1) is 0 Å². The van der Waals surface area contributed by atoms with E-state index < -0.39 is 0 Å². The molecule has 1 atom stereocenters. The van der Waals surface area contributed by atoms with Crippen molar-refractivity contribution in [2.24, 2.45) is 0 Å². The summed E-state index contributed by atoms with van der Waals surface area (Å²) < 4.78 is 0. The first kappa shape index (κ1) is 13.1. The number of hydrogen-bond acceptors (Lipinski definition) is 4. The van der Waals surface area contributed by atoms with Crippen LogP contribution in [0.4, 0.5) is 0 Å². The van der Waals surface area contributed by atoms with Crippen LogP contribution >= 0.6 is 11.8 Å². The molecule has 102 valence electrons. The summed E-state index contributed by atoms with van der Waals surface area (Å²) in [5, 5.41) is 0.338. The van der Waals surface area contributed by atoms with Crippen LogP contribution in [0.25, 0.3) is 0 Å². The Morgan fingerprint density at radius 3 is 2.85 bits per heavy atom. The van der Waals surface area contributed by atoms with Crippen LogP contribution in [-0.4, -0.2) is 39.6 Å². The summed E-state index contributed by atoms with van der Waals surface area (Å²) in [5.41, 5.74) is 1.69. The van der Waals surface area contributed by atoms with Crippen molar-refractivity contribution in [3.8, 4) is 0 Å². The predicted octanol–water partition coefficient (Wildman–Crippen LogP) is 2.41. The molecule has 0 N–H and O–H groups in total. The van der Waals surface area contributed by atoms with E-state index in [4.69, 9.17) is 0 Å². The maximum Gasteiger partial charge on any atom is 0.274 e. The van der Waals surface area contributed by atoms with Gasteiger partial charge in [-0.2, -0.15) is 11.8 Å². The minimum Gasteiger partial charge on any atom is -0.335 e. The quantitative estimate of drug-likeness (QED) is 0.850. The number of aromatic nitrogens is 2. The van der Waals surface area contributed by atoms with E-state index in [-0.39, 0.29) is 5.91 Å². The molecular formula is C15H15N3OS. The van der Waals surface area contributed by atoms with Crippen molar-refractivity contribution in [2.75, 3.05) is 18.8 Å². The van der Waals surface area contributed by atoms with Gasteiger partial charge in [-0.25, -0.2) is 4.98 Å². The maximum absolute atomic E-state index is 12.4. The minimum atomic E-state index is -0.0284. The van der Waals surface area contributed by atoms with Gasteiger partial charge in [-0.05, 0) is 5.56 Å². The van der Waals surface area contributed by atoms with E-state index in [2.05, 4.69) is 22.1 Å². The van der Waals surface area contributed by atoms with Crippen LogP contribution in [0.3, 0.4) is 0 Å². The molecule has 0 bridgehead atoms. The second-order valence-corrected chi connectivity index (χ2v) is 5.92. The molecule has 2 heterocycles. The SMILES string of the molecule is O=C(c1cnccn1)N1CCSC(c2ccccc2)C1. The van der Waals surface area contributed by atoms with E-state index in [0.29, 0.717) is 10.9 Å². The van der Waals surface area contributed by atoms with Crippen LogP contribution in [-0.2, 0) is 0 Å². The van der Waals surface area contributed by atoms with Crippen molar-refractivity contribution < 1.29 is 4.79 Å². The van der Waals surface area contributed by atoms with Crippen LogP contribution in [0.15, 0.2) is 48.9 Å². The molecule has 3 rings (SSSR count). The molecule has 1 saturated heterocycles. The zero-order valence-electron chi connectivity index (χ0n) is 11.0. The molecule has 0 spiro atoms. The lowest BCUT2D eigenvalue weighted by atomic mass is 10.1. The van der Waals surface area contributed by atoms with Gasteiger partial charge in [0.15, 0.2) is 0 Å². The van der Waals surface area contributed by atoms with Crippen LogP contribution in [0, 0.1) is 0 Å². The summed E-state index contributed by atoms with van der Waals surface area (Å²) in [6, 6.07) is 10.3. The van der Waals surface area contributed by atoms with Gasteiger partial charge in [0.2, 0.25) is 0 Å². The maximum atomic E-state index is 12.4. The summed E-state index contributed by atoms with van der Waals surface area (Å²) in [7, 11) is 0. The minimum absolute atomic E-state index is 0.0284. The summed E-state index contributed by atoms with van der Waals surface area (Å²) in [6.07, 6.45) is 4.66. The van der Waals surface area contributed by atoms with Crippen molar-refractivity contribution >= 4 is 17.7 Å². The van der Waals surface area contributed by atoms with Crippen molar-refractivity contribution in [1.82, 2.24) is 14.9 Å². The molecule has 1 amide bonds. The van der Waals surface area contributed by atoms with Gasteiger partial charge in [0, 0.05) is 36.5 Å². The third kappa shape index (κ3) is 2.82. The number of nitrogens with zero attached hydrogens (tertiary/aromatic N) is 3. The number of amides is 1. The van der Waals surface area contributed by atoms with Gasteiger partial charge in [-0.1, -0.05) is 30.3 Å². The second-order valence-electron chi connectivity index (χ2n) is 4.61. The Balaban J connectivity index is 1.74. The van der Waals surface area contributed by atoms with Gasteiger partial charge in [0.1, 0.15) is 5.69 Å². The van der Waals surface area contributed by atoms with E-state index in [0.717, 1.165) is 18.8 Å². The predicted molar refractivity (Wildman–Crippen MR) is 79.6 cm³/mol. The fraction of sp³-hybridized carbons (Fsp3) is 0.267. The highest BCUT2D eigenvalue weighted by atomic mass is 32.2. The van der Waals surface area contributed by atoms with Crippen LogP contribution in [0.1, 0.15) is 21.3 Å². The first-order valence-electron chi connectivity index (χ1n) is 6.56. The molecule has 5 heteroatoms. The van der Waals surface area contributed by atoms with Gasteiger partial charge < -0.3 is 4.90 Å². The molecule has 1 aliphatic rings. The zero-order valence-corrected chi connectivity index (χ0v) is 11.8. The summed E-state index contributed by atoms with van der Waals surface area (Å²) in [5.74, 6) is 0.922. The molecule has 1 fully saturated rings. The summed E-state index contributed by atoms with van der Waals surface area (Å²) >= 11 is 1.90. The standard InChI is InChI=1S/C15H15N3OS/c19-15(13-10-16-6-7-17-13)18-8-9-20-14(11-18)12-4-2-1-3-5-12/h1-7,10,14H,8-9,11H2. The van der Waals surface area contributed by atoms with E-state index >= 15 is 0 Å². The third-order valence-corrected chi connectivity index (χ3v) is 4.55. The highest BCUT2D eigenvalue weighted by Gasteiger charge is 2.26. The Labute approximate surface area is 122 Å². The first-order chi connectivity index (χ1) is 9.84. The smallest absolute Gasteiger partial charge is 0.274 e. The lowest BCUT2D eigenvalue weighted by Gasteiger charge is -2.32. The number of carbonyl (C=O) groups excluding carboxylic acids is 1. The Morgan fingerprint density at radius 1 is 1.25 bits per heavy atom. The Morgan fingerprint density at radius 2 is 2.10 bits per heavy atom.